The van der Waals surface area contributed by atoms with Gasteiger partial charge in [0.2, 0.25) is 0 Å². The number of hydrogen-bond donors (Lipinski definition) is 4. The van der Waals surface area contributed by atoms with Crippen LogP contribution in [0.25, 0.3) is 0 Å². The maximum absolute atomic E-state index is 11.6. The molecule has 1 saturated carbocycles. The second-order valence-corrected chi connectivity index (χ2v) is 6.09. The van der Waals surface area contributed by atoms with Gasteiger partial charge < -0.3 is 20.8 Å². The standard InChI is InChI=1S/C12H22N2O4S/c1-2-19-10-5-3-4-8(10)14-12(18)13-7-6-9(15)11(16)17/h8-10,15H,2-7H2,1H3,(H,16,17)(H2,13,14,18). The van der Waals surface area contributed by atoms with Crippen LogP contribution in [-0.2, 0) is 4.79 Å². The number of aliphatic carboxylic acids is 1. The van der Waals surface area contributed by atoms with Gasteiger partial charge in [-0.1, -0.05) is 13.3 Å². The van der Waals surface area contributed by atoms with E-state index in [-0.39, 0.29) is 25.0 Å². The number of thioether (sulfide) groups is 1. The number of aliphatic hydroxyl groups excluding tert-OH is 1. The van der Waals surface area contributed by atoms with Crippen LogP contribution in [0.4, 0.5) is 4.79 Å². The molecule has 7 heteroatoms. The van der Waals surface area contributed by atoms with E-state index in [0.717, 1.165) is 25.0 Å². The van der Waals surface area contributed by atoms with E-state index in [1.807, 2.05) is 11.8 Å². The Morgan fingerprint density at radius 1 is 1.42 bits per heavy atom. The summed E-state index contributed by atoms with van der Waals surface area (Å²) in [5.74, 6) is -0.229. The smallest absolute Gasteiger partial charge is 0.332 e. The summed E-state index contributed by atoms with van der Waals surface area (Å²) in [5.41, 5.74) is 0. The predicted molar refractivity (Wildman–Crippen MR) is 74.4 cm³/mol. The highest BCUT2D eigenvalue weighted by Crippen LogP contribution is 2.29. The molecule has 19 heavy (non-hydrogen) atoms. The zero-order chi connectivity index (χ0) is 14.3. The zero-order valence-corrected chi connectivity index (χ0v) is 11.9. The molecule has 1 aliphatic carbocycles. The Morgan fingerprint density at radius 3 is 2.79 bits per heavy atom. The van der Waals surface area contributed by atoms with E-state index < -0.39 is 12.1 Å². The molecule has 0 spiro atoms. The maximum atomic E-state index is 11.6. The van der Waals surface area contributed by atoms with Crippen molar-refractivity contribution >= 4 is 23.8 Å². The van der Waals surface area contributed by atoms with Crippen molar-refractivity contribution in [1.82, 2.24) is 10.6 Å². The minimum Gasteiger partial charge on any atom is -0.479 e. The Bertz CT molecular complexity index is 314. The molecule has 0 aliphatic heterocycles. The fourth-order valence-corrected chi connectivity index (χ4v) is 3.37. The third kappa shape index (κ3) is 5.69. The van der Waals surface area contributed by atoms with Gasteiger partial charge in [0.1, 0.15) is 0 Å². The first kappa shape index (κ1) is 16.1. The van der Waals surface area contributed by atoms with Gasteiger partial charge in [-0.05, 0) is 18.6 Å². The molecule has 0 aromatic heterocycles. The number of amides is 2. The molecule has 0 aromatic carbocycles. The van der Waals surface area contributed by atoms with Crippen molar-refractivity contribution in [3.8, 4) is 0 Å². The summed E-state index contributed by atoms with van der Waals surface area (Å²) in [7, 11) is 0. The Labute approximate surface area is 117 Å². The SMILES string of the molecule is CCSC1CCCC1NC(=O)NCCC(O)C(=O)O. The number of aliphatic hydroxyl groups is 1. The lowest BCUT2D eigenvalue weighted by Crippen LogP contribution is -2.45. The molecule has 0 heterocycles. The molecule has 2 amide bonds. The fraction of sp³-hybridized carbons (Fsp3) is 0.833. The third-order valence-corrected chi connectivity index (χ3v) is 4.46. The summed E-state index contributed by atoms with van der Waals surface area (Å²) in [5, 5.41) is 23.5. The minimum absolute atomic E-state index is 0.0144. The van der Waals surface area contributed by atoms with Crippen LogP contribution >= 0.6 is 11.8 Å². The summed E-state index contributed by atoms with van der Waals surface area (Å²) >= 11 is 1.86. The largest absolute Gasteiger partial charge is 0.479 e. The number of urea groups is 1. The number of carboxylic acids is 1. The number of rotatable bonds is 7. The quantitative estimate of drug-likeness (QED) is 0.556. The van der Waals surface area contributed by atoms with Gasteiger partial charge in [0.25, 0.3) is 0 Å². The molecule has 1 fully saturated rings. The van der Waals surface area contributed by atoms with Crippen molar-refractivity contribution in [2.45, 2.75) is 50.0 Å². The highest BCUT2D eigenvalue weighted by molar-refractivity contribution is 7.99. The second kappa shape index (κ2) is 8.27. The van der Waals surface area contributed by atoms with E-state index in [0.29, 0.717) is 5.25 Å². The number of carbonyl (C=O) groups excluding carboxylic acids is 1. The molecular formula is C12H22N2O4S. The van der Waals surface area contributed by atoms with Gasteiger partial charge in [0.15, 0.2) is 6.10 Å². The summed E-state index contributed by atoms with van der Waals surface area (Å²) in [6, 6.07) is -0.0967. The van der Waals surface area contributed by atoms with Gasteiger partial charge in [0, 0.05) is 24.3 Å². The fourth-order valence-electron chi connectivity index (χ4n) is 2.17. The van der Waals surface area contributed by atoms with Crippen molar-refractivity contribution in [3.05, 3.63) is 0 Å². The van der Waals surface area contributed by atoms with E-state index in [2.05, 4.69) is 17.6 Å². The third-order valence-electron chi connectivity index (χ3n) is 3.14. The van der Waals surface area contributed by atoms with Crippen LogP contribution in [-0.4, -0.2) is 51.9 Å². The van der Waals surface area contributed by atoms with Gasteiger partial charge in [-0.2, -0.15) is 11.8 Å². The number of nitrogens with one attached hydrogen (secondary N) is 2. The Morgan fingerprint density at radius 2 is 2.16 bits per heavy atom. The van der Waals surface area contributed by atoms with E-state index in [1.165, 1.54) is 0 Å². The summed E-state index contributed by atoms with van der Waals surface area (Å²) in [6.45, 7) is 2.25. The molecular weight excluding hydrogens is 268 g/mol. The van der Waals surface area contributed by atoms with Gasteiger partial charge in [0.05, 0.1) is 0 Å². The van der Waals surface area contributed by atoms with Gasteiger partial charge in [-0.25, -0.2) is 9.59 Å². The van der Waals surface area contributed by atoms with E-state index in [1.54, 1.807) is 0 Å². The highest BCUT2D eigenvalue weighted by atomic mass is 32.2. The number of carbonyl (C=O) groups is 2. The molecule has 3 unspecified atom stereocenters. The van der Waals surface area contributed by atoms with Crippen molar-refractivity contribution < 1.29 is 19.8 Å². The van der Waals surface area contributed by atoms with Crippen LogP contribution < -0.4 is 10.6 Å². The predicted octanol–water partition coefficient (Wildman–Crippen LogP) is 0.795. The lowest BCUT2D eigenvalue weighted by molar-refractivity contribution is -0.146. The van der Waals surface area contributed by atoms with Gasteiger partial charge in [-0.15, -0.1) is 0 Å². The summed E-state index contributed by atoms with van der Waals surface area (Å²) in [4.78, 5) is 22.0. The topological polar surface area (TPSA) is 98.7 Å². The van der Waals surface area contributed by atoms with Crippen molar-refractivity contribution in [1.29, 1.82) is 0 Å². The average Bonchev–Trinajstić information content (AvgIpc) is 2.77. The van der Waals surface area contributed by atoms with Crippen LogP contribution in [0, 0.1) is 0 Å². The number of hydrogen-bond acceptors (Lipinski definition) is 4. The molecule has 0 bridgehead atoms. The highest BCUT2D eigenvalue weighted by Gasteiger charge is 2.28. The first-order valence-corrected chi connectivity index (χ1v) is 7.66. The summed E-state index contributed by atoms with van der Waals surface area (Å²) < 4.78 is 0. The lowest BCUT2D eigenvalue weighted by Gasteiger charge is -2.20. The van der Waals surface area contributed by atoms with Crippen molar-refractivity contribution in [3.63, 3.8) is 0 Å². The normalized spacial score (nSPS) is 23.9. The molecule has 3 atom stereocenters. The van der Waals surface area contributed by atoms with Crippen LogP contribution in [0.1, 0.15) is 32.6 Å². The van der Waals surface area contributed by atoms with Gasteiger partial charge >= 0.3 is 12.0 Å². The second-order valence-electron chi connectivity index (χ2n) is 4.57. The molecule has 4 N–H and O–H groups in total. The van der Waals surface area contributed by atoms with Crippen LogP contribution in [0.3, 0.4) is 0 Å². The monoisotopic (exact) mass is 290 g/mol. The van der Waals surface area contributed by atoms with E-state index >= 15 is 0 Å². The van der Waals surface area contributed by atoms with Crippen LogP contribution in [0.15, 0.2) is 0 Å². The summed E-state index contributed by atoms with van der Waals surface area (Å²) in [6.07, 6.45) is 1.83. The molecule has 1 aliphatic rings. The Hall–Kier alpha value is -0.950. The first-order chi connectivity index (χ1) is 9.04. The maximum Gasteiger partial charge on any atom is 0.332 e. The van der Waals surface area contributed by atoms with Crippen LogP contribution in [0.2, 0.25) is 0 Å². The molecule has 0 radical (unpaired) electrons. The molecule has 0 saturated heterocycles. The lowest BCUT2D eigenvalue weighted by atomic mass is 10.2. The van der Waals surface area contributed by atoms with Crippen molar-refractivity contribution in [2.24, 2.45) is 0 Å². The Balaban J connectivity index is 2.21. The number of carboxylic acid groups (broad SMARTS) is 1. The van der Waals surface area contributed by atoms with E-state index in [9.17, 15) is 9.59 Å². The van der Waals surface area contributed by atoms with E-state index in [4.69, 9.17) is 10.2 Å². The zero-order valence-electron chi connectivity index (χ0n) is 11.1. The molecule has 110 valence electrons. The van der Waals surface area contributed by atoms with Crippen LogP contribution in [0.5, 0.6) is 0 Å². The van der Waals surface area contributed by atoms with Gasteiger partial charge in [-0.3, -0.25) is 0 Å². The Kier molecular flexibility index (Phi) is 7.01. The molecule has 1 rings (SSSR count). The molecule has 6 nitrogen and oxygen atoms in total. The van der Waals surface area contributed by atoms with Crippen molar-refractivity contribution in [2.75, 3.05) is 12.3 Å². The minimum atomic E-state index is -1.42. The molecule has 0 aromatic rings. The average molecular weight is 290 g/mol. The first-order valence-electron chi connectivity index (χ1n) is 6.61.